The van der Waals surface area contributed by atoms with Gasteiger partial charge in [0.25, 0.3) is 0 Å². The van der Waals surface area contributed by atoms with Crippen molar-refractivity contribution >= 4 is 11.9 Å². The van der Waals surface area contributed by atoms with Crippen LogP contribution in [0.2, 0.25) is 0 Å². The second kappa shape index (κ2) is 18.8. The van der Waals surface area contributed by atoms with Crippen molar-refractivity contribution in [2.75, 3.05) is 0 Å². The predicted molar refractivity (Wildman–Crippen MR) is 123 cm³/mol. The van der Waals surface area contributed by atoms with Gasteiger partial charge in [0, 0.05) is 11.9 Å². The second-order valence-electron chi connectivity index (χ2n) is 7.34. The first-order valence-electron chi connectivity index (χ1n) is 10.8. The number of rotatable bonds is 9. The average molecular weight is 540 g/mol. The minimum Gasteiger partial charge on any atom is -0.559 e. The van der Waals surface area contributed by atoms with Gasteiger partial charge in [0.15, 0.2) is 0 Å². The SMILES string of the molecule is O=C([O-])[c-]1cccc1CCCCCCc1ccc[c-]1C(=O)[O-].[Fe+2].[Fe+2].c1cc[cH-]c1.c1cc[cH-]c1. The molecule has 0 unspecified atom stereocenters. The molecule has 0 saturated heterocycles. The zero-order valence-electron chi connectivity index (χ0n) is 18.8. The third-order valence-corrected chi connectivity index (χ3v) is 5.01. The molecule has 0 aromatic heterocycles. The molecule has 0 saturated carbocycles. The quantitative estimate of drug-likeness (QED) is 0.183. The normalized spacial score (nSPS) is 9.29. The van der Waals surface area contributed by atoms with E-state index in [1.54, 1.807) is 24.3 Å². The number of aryl methyl sites for hydroxylation is 2. The molecule has 0 aliphatic rings. The molecule has 0 heterocycles. The molecule has 4 aromatic carbocycles. The maximum atomic E-state index is 10.9. The average Bonchev–Trinajstić information content (AvgIpc) is 3.61. The Morgan fingerprint density at radius 2 is 0.971 bits per heavy atom. The van der Waals surface area contributed by atoms with E-state index in [0.717, 1.165) is 49.7 Å². The molecule has 34 heavy (non-hydrogen) atoms. The van der Waals surface area contributed by atoms with Crippen LogP contribution in [0.5, 0.6) is 0 Å². The van der Waals surface area contributed by atoms with E-state index < -0.39 is 11.9 Å². The molecule has 182 valence electrons. The molecule has 0 fully saturated rings. The Bertz CT molecular complexity index is 878. The molecular weight excluding hydrogens is 512 g/mol. The number of hydrogen-bond acceptors (Lipinski definition) is 4. The Labute approximate surface area is 223 Å². The van der Waals surface area contributed by atoms with Crippen LogP contribution < -0.4 is 10.2 Å². The van der Waals surface area contributed by atoms with E-state index in [1.165, 1.54) is 0 Å². The molecule has 0 amide bonds. The summed E-state index contributed by atoms with van der Waals surface area (Å²) >= 11 is 0. The van der Waals surface area contributed by atoms with Gasteiger partial charge in [0.2, 0.25) is 0 Å². The Hall–Kier alpha value is -2.62. The fourth-order valence-electron chi connectivity index (χ4n) is 3.37. The van der Waals surface area contributed by atoms with Crippen LogP contribution in [0.3, 0.4) is 0 Å². The third kappa shape index (κ3) is 12.0. The Morgan fingerprint density at radius 1 is 0.618 bits per heavy atom. The van der Waals surface area contributed by atoms with E-state index in [0.29, 0.717) is 0 Å². The van der Waals surface area contributed by atoms with Gasteiger partial charge in [0.05, 0.1) is 0 Å². The van der Waals surface area contributed by atoms with Crippen molar-refractivity contribution in [1.82, 2.24) is 0 Å². The number of carbonyl (C=O) groups is 2. The Balaban J connectivity index is 0.000000746. The van der Waals surface area contributed by atoms with Gasteiger partial charge in [-0.25, -0.2) is 48.5 Å². The minimum absolute atomic E-state index is 0. The molecule has 0 bridgehead atoms. The summed E-state index contributed by atoms with van der Waals surface area (Å²) in [6.07, 6.45) is 5.27. The minimum atomic E-state index is -1.12. The summed E-state index contributed by atoms with van der Waals surface area (Å²) < 4.78 is 0. The molecule has 6 heteroatoms. The van der Waals surface area contributed by atoms with Crippen molar-refractivity contribution in [2.24, 2.45) is 0 Å². The van der Waals surface area contributed by atoms with Crippen LogP contribution in [0, 0.1) is 0 Å². The summed E-state index contributed by atoms with van der Waals surface area (Å²) in [5.41, 5.74) is 2.23. The van der Waals surface area contributed by atoms with E-state index >= 15 is 0 Å². The maximum absolute atomic E-state index is 10.9. The summed E-state index contributed by atoms with van der Waals surface area (Å²) in [6.45, 7) is 0. The topological polar surface area (TPSA) is 80.3 Å². The Kier molecular flexibility index (Phi) is 17.3. The number of carbonyl (C=O) groups excluding carboxylic acids is 2. The van der Waals surface area contributed by atoms with E-state index in [-0.39, 0.29) is 45.3 Å². The largest absolute Gasteiger partial charge is 2.00 e. The molecule has 4 aromatic rings. The van der Waals surface area contributed by atoms with Gasteiger partial charge in [-0.3, -0.25) is 0 Å². The van der Waals surface area contributed by atoms with Gasteiger partial charge in [-0.05, 0) is 0 Å². The van der Waals surface area contributed by atoms with E-state index in [9.17, 15) is 19.8 Å². The second-order valence-corrected chi connectivity index (χ2v) is 7.34. The number of carboxylic acid groups (broad SMARTS) is 2. The van der Waals surface area contributed by atoms with E-state index in [1.807, 2.05) is 72.8 Å². The van der Waals surface area contributed by atoms with Crippen LogP contribution >= 0.6 is 0 Å². The molecule has 0 spiro atoms. The predicted octanol–water partition coefficient (Wildman–Crippen LogP) is 4.00. The van der Waals surface area contributed by atoms with E-state index in [4.69, 9.17) is 0 Å². The summed E-state index contributed by atoms with van der Waals surface area (Å²) in [5.74, 6) is -2.24. The third-order valence-electron chi connectivity index (χ3n) is 5.01. The van der Waals surface area contributed by atoms with Crippen LogP contribution in [0.15, 0.2) is 97.1 Å². The zero-order chi connectivity index (χ0) is 23.0. The zero-order valence-corrected chi connectivity index (χ0v) is 21.0. The van der Waals surface area contributed by atoms with Gasteiger partial charge in [-0.2, -0.15) is 59.7 Å². The van der Waals surface area contributed by atoms with E-state index in [2.05, 4.69) is 0 Å². The number of hydrogen-bond donors (Lipinski definition) is 0. The van der Waals surface area contributed by atoms with Gasteiger partial charge in [0.1, 0.15) is 0 Å². The van der Waals surface area contributed by atoms with Gasteiger partial charge in [-0.1, -0.05) is 38.5 Å². The van der Waals surface area contributed by atoms with Crippen molar-refractivity contribution < 1.29 is 53.9 Å². The van der Waals surface area contributed by atoms with Crippen LogP contribution in [0.4, 0.5) is 0 Å². The molecule has 4 rings (SSSR count). The fraction of sp³-hybridized carbons (Fsp3) is 0.214. The molecule has 0 aliphatic heterocycles. The van der Waals surface area contributed by atoms with Crippen molar-refractivity contribution in [3.8, 4) is 0 Å². The van der Waals surface area contributed by atoms with Crippen molar-refractivity contribution in [3.05, 3.63) is 119 Å². The van der Waals surface area contributed by atoms with Crippen LogP contribution in [-0.2, 0) is 47.0 Å². The molecule has 0 atom stereocenters. The number of aromatic carboxylic acids is 2. The van der Waals surface area contributed by atoms with Crippen molar-refractivity contribution in [3.63, 3.8) is 0 Å². The standard InChI is InChI=1S/C18H20O4.2C5H5.2Fe/c19-17(20)15-11-5-9-13(15)7-3-1-2-4-8-14-10-6-12-16(14)18(21)22;2*1-2-4-5-3-1;;/h5-6,9-12H,1-4,7-8H2,(H,19,20)(H,21,22);2*1-5H;;/q-2;2*-1;2*+2/p-2. The summed E-state index contributed by atoms with van der Waals surface area (Å²) in [7, 11) is 0. The summed E-state index contributed by atoms with van der Waals surface area (Å²) in [5, 5.41) is 21.7. The number of carboxylic acids is 2. The smallest absolute Gasteiger partial charge is 0.559 e. The molecule has 0 N–H and O–H groups in total. The van der Waals surface area contributed by atoms with Crippen LogP contribution in [0.1, 0.15) is 57.5 Å². The first-order chi connectivity index (χ1) is 15.6. The summed E-state index contributed by atoms with van der Waals surface area (Å²) in [6, 6.07) is 30.3. The monoisotopic (exact) mass is 540 g/mol. The first-order valence-corrected chi connectivity index (χ1v) is 10.8. The van der Waals surface area contributed by atoms with Crippen LogP contribution in [-0.4, -0.2) is 11.9 Å². The van der Waals surface area contributed by atoms with Crippen LogP contribution in [0.25, 0.3) is 0 Å². The van der Waals surface area contributed by atoms with Crippen molar-refractivity contribution in [2.45, 2.75) is 38.5 Å². The maximum Gasteiger partial charge on any atom is 2.00 e. The first kappa shape index (κ1) is 31.4. The molecule has 0 radical (unpaired) electrons. The summed E-state index contributed by atoms with van der Waals surface area (Å²) in [4.78, 5) is 21.7. The Morgan fingerprint density at radius 3 is 1.24 bits per heavy atom. The van der Waals surface area contributed by atoms with Crippen molar-refractivity contribution in [1.29, 1.82) is 0 Å². The van der Waals surface area contributed by atoms with Gasteiger partial charge in [-0.15, -0.1) is 11.1 Å². The molecule has 4 nitrogen and oxygen atoms in total. The van der Waals surface area contributed by atoms with Gasteiger partial charge < -0.3 is 19.8 Å². The number of unbranched alkanes of at least 4 members (excludes halogenated alkanes) is 3. The molecular formula is C28H28Fe2O4-2. The van der Waals surface area contributed by atoms with Gasteiger partial charge >= 0.3 is 34.1 Å². The molecule has 0 aliphatic carbocycles. The fourth-order valence-corrected chi connectivity index (χ4v) is 3.37.